The van der Waals surface area contributed by atoms with Gasteiger partial charge in [-0.15, -0.1) is 11.3 Å². The number of amides is 1. The standard InChI is InChI=1S/C20H26N2O2S/c1-11-16-10-15(24-2)6-7-17(16)25-19(11)20(23)22-18-12-4-3-5-13(18)9-14(21)8-12/h6-7,10,12-14,18H,3-5,8-9,21H2,1-2H3,(H,22,23). The van der Waals surface area contributed by atoms with Gasteiger partial charge in [0.15, 0.2) is 0 Å². The Hall–Kier alpha value is -1.59. The van der Waals surface area contributed by atoms with Crippen molar-refractivity contribution in [3.8, 4) is 5.75 Å². The quantitative estimate of drug-likeness (QED) is 0.876. The zero-order chi connectivity index (χ0) is 17.6. The molecule has 1 amide bonds. The molecular weight excluding hydrogens is 332 g/mol. The van der Waals surface area contributed by atoms with Gasteiger partial charge in [0, 0.05) is 16.8 Å². The second-order valence-electron chi connectivity index (χ2n) is 7.60. The number of carbonyl (C=O) groups is 1. The summed E-state index contributed by atoms with van der Waals surface area (Å²) in [5, 5.41) is 4.48. The maximum atomic E-state index is 13.0. The average Bonchev–Trinajstić information content (AvgIpc) is 2.92. The van der Waals surface area contributed by atoms with E-state index in [1.807, 2.05) is 25.1 Å². The summed E-state index contributed by atoms with van der Waals surface area (Å²) in [5.41, 5.74) is 7.26. The Morgan fingerprint density at radius 1 is 1.28 bits per heavy atom. The van der Waals surface area contributed by atoms with Crippen LogP contribution in [0.4, 0.5) is 0 Å². The third-order valence-corrected chi connectivity index (χ3v) is 7.30. The first kappa shape index (κ1) is 16.9. The van der Waals surface area contributed by atoms with Gasteiger partial charge in [-0.05, 0) is 73.6 Å². The molecule has 134 valence electrons. The minimum Gasteiger partial charge on any atom is -0.497 e. The largest absolute Gasteiger partial charge is 0.497 e. The van der Waals surface area contributed by atoms with Crippen LogP contribution in [0, 0.1) is 18.8 Å². The van der Waals surface area contributed by atoms with Gasteiger partial charge in [0.25, 0.3) is 5.91 Å². The number of carbonyl (C=O) groups excluding carboxylic acids is 1. The zero-order valence-corrected chi connectivity index (χ0v) is 15.7. The van der Waals surface area contributed by atoms with Crippen molar-refractivity contribution in [3.05, 3.63) is 28.6 Å². The van der Waals surface area contributed by atoms with E-state index in [1.165, 1.54) is 19.3 Å². The predicted octanol–water partition coefficient (Wildman–Crippen LogP) is 3.85. The molecule has 1 heterocycles. The molecule has 0 spiro atoms. The smallest absolute Gasteiger partial charge is 0.261 e. The van der Waals surface area contributed by atoms with Crippen LogP contribution < -0.4 is 15.8 Å². The number of benzene rings is 1. The van der Waals surface area contributed by atoms with E-state index >= 15 is 0 Å². The van der Waals surface area contributed by atoms with E-state index in [-0.39, 0.29) is 5.91 Å². The lowest BCUT2D eigenvalue weighted by atomic mass is 9.67. The number of hydrogen-bond acceptors (Lipinski definition) is 4. The summed E-state index contributed by atoms with van der Waals surface area (Å²) >= 11 is 1.58. The summed E-state index contributed by atoms with van der Waals surface area (Å²) < 4.78 is 6.45. The number of aryl methyl sites for hydroxylation is 1. The van der Waals surface area contributed by atoms with Crippen LogP contribution in [0.3, 0.4) is 0 Å². The Bertz CT molecular complexity index is 786. The first-order chi connectivity index (χ1) is 12.1. The summed E-state index contributed by atoms with van der Waals surface area (Å²) in [6.45, 7) is 2.03. The highest BCUT2D eigenvalue weighted by Crippen LogP contribution is 2.40. The van der Waals surface area contributed by atoms with Crippen LogP contribution in [0.5, 0.6) is 5.75 Å². The van der Waals surface area contributed by atoms with Gasteiger partial charge in [0.05, 0.1) is 12.0 Å². The summed E-state index contributed by atoms with van der Waals surface area (Å²) in [5.74, 6) is 1.99. The third kappa shape index (κ3) is 3.04. The topological polar surface area (TPSA) is 64.3 Å². The molecular formula is C20H26N2O2S. The molecule has 2 aliphatic rings. The number of nitrogens with two attached hydrogens (primary N) is 1. The highest BCUT2D eigenvalue weighted by Gasteiger charge is 2.40. The molecule has 25 heavy (non-hydrogen) atoms. The molecule has 2 atom stereocenters. The normalized spacial score (nSPS) is 28.8. The number of thiophene rings is 1. The first-order valence-corrected chi connectivity index (χ1v) is 10.0. The Kier molecular flexibility index (Phi) is 4.46. The van der Waals surface area contributed by atoms with Gasteiger partial charge in [-0.1, -0.05) is 6.42 Å². The molecule has 2 aliphatic carbocycles. The van der Waals surface area contributed by atoms with Crippen LogP contribution in [0.2, 0.25) is 0 Å². The molecule has 0 radical (unpaired) electrons. The van der Waals surface area contributed by atoms with Crippen LogP contribution in [-0.4, -0.2) is 25.1 Å². The fourth-order valence-electron chi connectivity index (χ4n) is 4.79. The van der Waals surface area contributed by atoms with E-state index in [9.17, 15) is 4.79 Å². The maximum Gasteiger partial charge on any atom is 0.261 e. The van der Waals surface area contributed by atoms with Gasteiger partial charge in [-0.3, -0.25) is 4.79 Å². The number of hydrogen-bond donors (Lipinski definition) is 2. The van der Waals surface area contributed by atoms with E-state index in [0.29, 0.717) is 23.9 Å². The van der Waals surface area contributed by atoms with Crippen molar-refractivity contribution in [2.24, 2.45) is 17.6 Å². The average molecular weight is 359 g/mol. The van der Waals surface area contributed by atoms with Crippen LogP contribution in [0.15, 0.2) is 18.2 Å². The molecule has 2 fully saturated rings. The molecule has 3 N–H and O–H groups in total. The molecule has 4 rings (SSSR count). The van der Waals surface area contributed by atoms with E-state index < -0.39 is 0 Å². The van der Waals surface area contributed by atoms with Gasteiger partial charge in [-0.2, -0.15) is 0 Å². The molecule has 1 aromatic carbocycles. The SMILES string of the molecule is COc1ccc2sc(C(=O)NC3C4CCCC3CC(N)C4)c(C)c2c1. The van der Waals surface area contributed by atoms with Crippen LogP contribution in [0.1, 0.15) is 47.3 Å². The fourth-order valence-corrected chi connectivity index (χ4v) is 5.88. The molecule has 2 bridgehead atoms. The van der Waals surface area contributed by atoms with Gasteiger partial charge < -0.3 is 15.8 Å². The number of ether oxygens (including phenoxy) is 1. The Morgan fingerprint density at radius 2 is 2.00 bits per heavy atom. The van der Waals surface area contributed by atoms with Gasteiger partial charge >= 0.3 is 0 Å². The van der Waals surface area contributed by atoms with Crippen molar-refractivity contribution < 1.29 is 9.53 Å². The predicted molar refractivity (Wildman–Crippen MR) is 102 cm³/mol. The minimum atomic E-state index is 0.0787. The summed E-state index contributed by atoms with van der Waals surface area (Å²) in [4.78, 5) is 13.8. The van der Waals surface area contributed by atoms with Crippen molar-refractivity contribution in [1.29, 1.82) is 0 Å². The van der Waals surface area contributed by atoms with Gasteiger partial charge in [0.2, 0.25) is 0 Å². The van der Waals surface area contributed by atoms with Crippen molar-refractivity contribution in [2.75, 3.05) is 7.11 Å². The highest BCUT2D eigenvalue weighted by atomic mass is 32.1. The molecule has 0 saturated heterocycles. The second-order valence-corrected chi connectivity index (χ2v) is 8.65. The first-order valence-electron chi connectivity index (χ1n) is 9.20. The summed E-state index contributed by atoms with van der Waals surface area (Å²) in [6, 6.07) is 6.61. The molecule has 1 aromatic heterocycles. The lowest BCUT2D eigenvalue weighted by molar-refractivity contribution is 0.0759. The van der Waals surface area contributed by atoms with Crippen LogP contribution >= 0.6 is 11.3 Å². The van der Waals surface area contributed by atoms with Crippen molar-refractivity contribution in [3.63, 3.8) is 0 Å². The summed E-state index contributed by atoms with van der Waals surface area (Å²) in [7, 11) is 1.67. The zero-order valence-electron chi connectivity index (χ0n) is 14.9. The number of rotatable bonds is 3. The maximum absolute atomic E-state index is 13.0. The highest BCUT2D eigenvalue weighted by molar-refractivity contribution is 7.21. The molecule has 2 aromatic rings. The van der Waals surface area contributed by atoms with Crippen LogP contribution in [-0.2, 0) is 0 Å². The van der Waals surface area contributed by atoms with E-state index in [4.69, 9.17) is 10.5 Å². The van der Waals surface area contributed by atoms with Crippen molar-refractivity contribution in [1.82, 2.24) is 5.32 Å². The molecule has 4 nitrogen and oxygen atoms in total. The van der Waals surface area contributed by atoms with E-state index in [2.05, 4.69) is 5.32 Å². The van der Waals surface area contributed by atoms with Gasteiger partial charge in [0.1, 0.15) is 5.75 Å². The van der Waals surface area contributed by atoms with Crippen molar-refractivity contribution >= 4 is 27.3 Å². The fraction of sp³-hybridized carbons (Fsp3) is 0.550. The second kappa shape index (κ2) is 6.61. The van der Waals surface area contributed by atoms with Crippen LogP contribution in [0.25, 0.3) is 10.1 Å². The molecule has 0 aliphatic heterocycles. The molecule has 2 unspecified atom stereocenters. The van der Waals surface area contributed by atoms with E-state index in [0.717, 1.165) is 39.1 Å². The number of methoxy groups -OCH3 is 1. The summed E-state index contributed by atoms with van der Waals surface area (Å²) in [6.07, 6.45) is 5.75. The Morgan fingerprint density at radius 3 is 2.68 bits per heavy atom. The Labute approximate surface area is 152 Å². The monoisotopic (exact) mass is 358 g/mol. The van der Waals surface area contributed by atoms with Gasteiger partial charge in [-0.25, -0.2) is 0 Å². The number of fused-ring (bicyclic) bond motifs is 3. The molecule has 5 heteroatoms. The number of nitrogens with one attached hydrogen (secondary N) is 1. The third-order valence-electron chi connectivity index (χ3n) is 6.02. The lowest BCUT2D eigenvalue weighted by Crippen LogP contribution is -2.53. The molecule has 2 saturated carbocycles. The Balaban J connectivity index is 1.59. The lowest BCUT2D eigenvalue weighted by Gasteiger charge is -2.45. The van der Waals surface area contributed by atoms with E-state index in [1.54, 1.807) is 18.4 Å². The van der Waals surface area contributed by atoms with Crippen molar-refractivity contribution in [2.45, 2.75) is 51.1 Å². The minimum absolute atomic E-state index is 0.0787.